The van der Waals surface area contributed by atoms with Crippen LogP contribution in [0, 0.1) is 0 Å². The number of benzene rings is 1. The lowest BCUT2D eigenvalue weighted by atomic mass is 10.1. The van der Waals surface area contributed by atoms with E-state index in [4.69, 9.17) is 15.2 Å². The number of nitrogens with two attached hydrogens (primary N) is 1. The molecule has 0 aliphatic heterocycles. The number of ether oxygens (including phenoxy) is 2. The predicted octanol–water partition coefficient (Wildman–Crippen LogP) is 1.88. The number of hydrogen-bond acceptors (Lipinski definition) is 4. The summed E-state index contributed by atoms with van der Waals surface area (Å²) in [4.78, 5) is 11.1. The highest BCUT2D eigenvalue weighted by molar-refractivity contribution is 5.75. The minimum atomic E-state index is 0.0240. The third-order valence-corrected chi connectivity index (χ3v) is 2.95. The zero-order valence-corrected chi connectivity index (χ0v) is 13.1. The largest absolute Gasteiger partial charge is 0.490 e. The highest BCUT2D eigenvalue weighted by atomic mass is 16.5. The fraction of sp³-hybridized carbons (Fsp3) is 0.562. The van der Waals surface area contributed by atoms with E-state index in [1.165, 1.54) is 0 Å². The highest BCUT2D eigenvalue weighted by Crippen LogP contribution is 2.29. The molecule has 5 nitrogen and oxygen atoms in total. The Hall–Kier alpha value is -1.75. The van der Waals surface area contributed by atoms with Crippen LogP contribution in [-0.4, -0.2) is 32.2 Å². The highest BCUT2D eigenvalue weighted by Gasteiger charge is 2.08. The van der Waals surface area contributed by atoms with Crippen molar-refractivity contribution in [1.29, 1.82) is 0 Å². The van der Waals surface area contributed by atoms with Gasteiger partial charge in [0.25, 0.3) is 0 Å². The van der Waals surface area contributed by atoms with E-state index in [0.29, 0.717) is 31.8 Å². The Balaban J connectivity index is 2.61. The van der Waals surface area contributed by atoms with Gasteiger partial charge in [0.1, 0.15) is 0 Å². The summed E-state index contributed by atoms with van der Waals surface area (Å²) in [6.07, 6.45) is 1.94. The van der Waals surface area contributed by atoms with E-state index < -0.39 is 0 Å². The van der Waals surface area contributed by atoms with E-state index in [1.54, 1.807) is 7.05 Å². The summed E-state index contributed by atoms with van der Waals surface area (Å²) in [5.41, 5.74) is 6.95. The average Bonchev–Trinajstić information content (AvgIpc) is 2.44. The van der Waals surface area contributed by atoms with Crippen molar-refractivity contribution in [3.8, 4) is 11.5 Å². The van der Waals surface area contributed by atoms with Crippen molar-refractivity contribution in [2.75, 3.05) is 20.3 Å². The van der Waals surface area contributed by atoms with Crippen LogP contribution in [0.1, 0.15) is 32.3 Å². The molecule has 0 aliphatic rings. The van der Waals surface area contributed by atoms with Crippen LogP contribution in [-0.2, 0) is 11.2 Å². The molecule has 1 atom stereocenters. The molecule has 1 aromatic rings. The first kappa shape index (κ1) is 17.3. The van der Waals surface area contributed by atoms with Crippen LogP contribution in [0.25, 0.3) is 0 Å². The lowest BCUT2D eigenvalue weighted by molar-refractivity contribution is -0.120. The zero-order chi connectivity index (χ0) is 15.7. The second-order valence-corrected chi connectivity index (χ2v) is 5.02. The molecule has 0 aromatic heterocycles. The maximum absolute atomic E-state index is 11.1. The number of carbonyl (C=O) groups is 1. The minimum absolute atomic E-state index is 0.0240. The van der Waals surface area contributed by atoms with Crippen LogP contribution in [0.2, 0.25) is 0 Å². The molecule has 118 valence electrons. The summed E-state index contributed by atoms with van der Waals surface area (Å²) >= 11 is 0. The summed E-state index contributed by atoms with van der Waals surface area (Å²) in [7, 11) is 1.63. The van der Waals surface area contributed by atoms with Gasteiger partial charge in [-0.15, -0.1) is 0 Å². The first-order valence-electron chi connectivity index (χ1n) is 7.41. The third-order valence-electron chi connectivity index (χ3n) is 2.95. The Labute approximate surface area is 126 Å². The molecule has 0 saturated carbocycles. The van der Waals surface area contributed by atoms with Gasteiger partial charge in [-0.3, -0.25) is 4.79 Å². The van der Waals surface area contributed by atoms with Crippen molar-refractivity contribution < 1.29 is 14.3 Å². The Morgan fingerprint density at radius 3 is 2.71 bits per heavy atom. The standard InChI is InChI=1S/C16H26N2O3/c1-4-20-15-11-13(10-12(2)17)7-8-14(15)21-9-5-6-16(19)18-3/h7-8,11-12H,4-6,9-10,17H2,1-3H3,(H,18,19). The molecule has 3 N–H and O–H groups in total. The summed E-state index contributed by atoms with van der Waals surface area (Å²) in [6, 6.07) is 5.99. The number of nitrogens with one attached hydrogen (secondary N) is 1. The maximum Gasteiger partial charge on any atom is 0.219 e. The number of hydrogen-bond donors (Lipinski definition) is 2. The molecule has 1 amide bonds. The van der Waals surface area contributed by atoms with Gasteiger partial charge in [-0.25, -0.2) is 0 Å². The summed E-state index contributed by atoms with van der Waals surface area (Å²) < 4.78 is 11.3. The van der Waals surface area contributed by atoms with Gasteiger partial charge in [-0.2, -0.15) is 0 Å². The van der Waals surface area contributed by atoms with Gasteiger partial charge >= 0.3 is 0 Å². The second kappa shape index (κ2) is 9.23. The molecule has 1 unspecified atom stereocenters. The van der Waals surface area contributed by atoms with Crippen molar-refractivity contribution in [3.05, 3.63) is 23.8 Å². The summed E-state index contributed by atoms with van der Waals surface area (Å²) in [6.45, 7) is 4.98. The van der Waals surface area contributed by atoms with E-state index in [0.717, 1.165) is 17.7 Å². The molecule has 0 radical (unpaired) electrons. The quantitative estimate of drug-likeness (QED) is 0.682. The number of carbonyl (C=O) groups excluding carboxylic acids is 1. The molecule has 0 aliphatic carbocycles. The van der Waals surface area contributed by atoms with Crippen molar-refractivity contribution in [2.24, 2.45) is 5.73 Å². The summed E-state index contributed by atoms with van der Waals surface area (Å²) in [5, 5.41) is 2.59. The zero-order valence-electron chi connectivity index (χ0n) is 13.1. The van der Waals surface area contributed by atoms with Gasteiger partial charge in [0.2, 0.25) is 5.91 Å². The summed E-state index contributed by atoms with van der Waals surface area (Å²) in [5.74, 6) is 1.47. The van der Waals surface area contributed by atoms with E-state index in [9.17, 15) is 4.79 Å². The third kappa shape index (κ3) is 6.49. The van der Waals surface area contributed by atoms with Crippen molar-refractivity contribution in [3.63, 3.8) is 0 Å². The minimum Gasteiger partial charge on any atom is -0.490 e. The van der Waals surface area contributed by atoms with E-state index in [2.05, 4.69) is 5.32 Å². The van der Waals surface area contributed by atoms with Gasteiger partial charge in [-0.05, 0) is 44.4 Å². The van der Waals surface area contributed by atoms with Crippen LogP contribution < -0.4 is 20.5 Å². The number of amides is 1. The Morgan fingerprint density at radius 2 is 2.10 bits per heavy atom. The molecule has 0 spiro atoms. The lowest BCUT2D eigenvalue weighted by Gasteiger charge is -2.14. The number of rotatable bonds is 9. The van der Waals surface area contributed by atoms with Crippen molar-refractivity contribution in [2.45, 2.75) is 39.2 Å². The van der Waals surface area contributed by atoms with E-state index in [1.807, 2.05) is 32.0 Å². The fourth-order valence-electron chi connectivity index (χ4n) is 1.98. The first-order chi connectivity index (χ1) is 10.1. The van der Waals surface area contributed by atoms with Gasteiger partial charge in [-0.1, -0.05) is 6.07 Å². The van der Waals surface area contributed by atoms with Gasteiger partial charge in [0.05, 0.1) is 13.2 Å². The molecule has 21 heavy (non-hydrogen) atoms. The molecular weight excluding hydrogens is 268 g/mol. The average molecular weight is 294 g/mol. The molecular formula is C16H26N2O3. The molecule has 0 fully saturated rings. The molecule has 0 bridgehead atoms. The normalized spacial score (nSPS) is 11.8. The SMILES string of the molecule is CCOc1cc(CC(C)N)ccc1OCCCC(=O)NC. The first-order valence-corrected chi connectivity index (χ1v) is 7.41. The molecule has 1 rings (SSSR count). The van der Waals surface area contributed by atoms with Crippen LogP contribution >= 0.6 is 0 Å². The second-order valence-electron chi connectivity index (χ2n) is 5.02. The van der Waals surface area contributed by atoms with Crippen LogP contribution in [0.3, 0.4) is 0 Å². The molecule has 5 heteroatoms. The predicted molar refractivity (Wildman–Crippen MR) is 83.8 cm³/mol. The van der Waals surface area contributed by atoms with E-state index >= 15 is 0 Å². The fourth-order valence-corrected chi connectivity index (χ4v) is 1.98. The Kier molecular flexibility index (Phi) is 7.61. The van der Waals surface area contributed by atoms with Crippen LogP contribution in [0.15, 0.2) is 18.2 Å². The maximum atomic E-state index is 11.1. The van der Waals surface area contributed by atoms with Crippen LogP contribution in [0.5, 0.6) is 11.5 Å². The smallest absolute Gasteiger partial charge is 0.219 e. The van der Waals surface area contributed by atoms with Crippen molar-refractivity contribution in [1.82, 2.24) is 5.32 Å². The molecule has 1 aromatic carbocycles. The monoisotopic (exact) mass is 294 g/mol. The van der Waals surface area contributed by atoms with Gasteiger partial charge in [0, 0.05) is 19.5 Å². The van der Waals surface area contributed by atoms with Gasteiger partial charge < -0.3 is 20.5 Å². The molecule has 0 heterocycles. The Bertz CT molecular complexity index is 447. The lowest BCUT2D eigenvalue weighted by Crippen LogP contribution is -2.18. The van der Waals surface area contributed by atoms with Gasteiger partial charge in [0.15, 0.2) is 11.5 Å². The van der Waals surface area contributed by atoms with E-state index in [-0.39, 0.29) is 11.9 Å². The topological polar surface area (TPSA) is 73.6 Å². The van der Waals surface area contributed by atoms with Crippen LogP contribution in [0.4, 0.5) is 0 Å². The molecule has 0 saturated heterocycles. The van der Waals surface area contributed by atoms with Crippen molar-refractivity contribution >= 4 is 5.91 Å². The Morgan fingerprint density at radius 1 is 1.33 bits per heavy atom.